The third kappa shape index (κ3) is 1.41. The number of phenolic OH excluding ortho intramolecular Hbond substituents is 2. The molecular weight excluding hydrogens is 212 g/mol. The van der Waals surface area contributed by atoms with Crippen LogP contribution in [0.25, 0.3) is 10.8 Å². The van der Waals surface area contributed by atoms with Crippen molar-refractivity contribution < 1.29 is 10.2 Å². The molecule has 2 heteroatoms. The van der Waals surface area contributed by atoms with Gasteiger partial charge in [-0.2, -0.15) is 0 Å². The van der Waals surface area contributed by atoms with Gasteiger partial charge in [0.2, 0.25) is 0 Å². The van der Waals surface area contributed by atoms with Gasteiger partial charge in [-0.3, -0.25) is 0 Å². The molecule has 17 heavy (non-hydrogen) atoms. The lowest BCUT2D eigenvalue weighted by Crippen LogP contribution is -2.02. The van der Waals surface area contributed by atoms with Gasteiger partial charge >= 0.3 is 0 Å². The summed E-state index contributed by atoms with van der Waals surface area (Å²) in [6.45, 7) is 2.05. The lowest BCUT2D eigenvalue weighted by molar-refractivity contribution is 0.458. The second kappa shape index (κ2) is 3.52. The average Bonchev–Trinajstić information content (AvgIpc) is 2.36. The number of phenols is 2. The number of fused-ring (bicyclic) bond motifs is 2. The molecular formula is C15H14O2. The van der Waals surface area contributed by atoms with Crippen LogP contribution < -0.4 is 0 Å². The van der Waals surface area contributed by atoms with E-state index in [1.54, 1.807) is 0 Å². The van der Waals surface area contributed by atoms with Gasteiger partial charge in [0.05, 0.1) is 0 Å². The Kier molecular flexibility index (Phi) is 2.11. The van der Waals surface area contributed by atoms with Crippen LogP contribution in [0.5, 0.6) is 11.5 Å². The molecule has 0 heterocycles. The van der Waals surface area contributed by atoms with E-state index >= 15 is 0 Å². The fraction of sp³-hybridized carbons (Fsp3) is 0.200. The smallest absolute Gasteiger partial charge is 0.127 e. The van der Waals surface area contributed by atoms with Crippen LogP contribution in [0.1, 0.15) is 18.1 Å². The van der Waals surface area contributed by atoms with Gasteiger partial charge in [0, 0.05) is 21.9 Å². The number of aromatic hydroxyl groups is 2. The van der Waals surface area contributed by atoms with E-state index in [4.69, 9.17) is 0 Å². The van der Waals surface area contributed by atoms with E-state index in [1.807, 2.05) is 24.3 Å². The Morgan fingerprint density at radius 1 is 0.941 bits per heavy atom. The quantitative estimate of drug-likeness (QED) is 0.534. The minimum atomic E-state index is 0.317. The highest BCUT2D eigenvalue weighted by Crippen LogP contribution is 2.42. The van der Waals surface area contributed by atoms with Gasteiger partial charge in [-0.05, 0) is 19.8 Å². The van der Waals surface area contributed by atoms with Crippen molar-refractivity contribution in [2.75, 3.05) is 0 Å². The normalized spacial score (nSPS) is 14.5. The molecule has 0 atom stereocenters. The Morgan fingerprint density at radius 2 is 1.53 bits per heavy atom. The topological polar surface area (TPSA) is 40.5 Å². The van der Waals surface area contributed by atoms with Crippen molar-refractivity contribution in [1.82, 2.24) is 0 Å². The third-order valence-electron chi connectivity index (χ3n) is 3.48. The number of hydrogen-bond acceptors (Lipinski definition) is 2. The average molecular weight is 226 g/mol. The summed E-state index contributed by atoms with van der Waals surface area (Å²) in [5.74, 6) is 0.637. The van der Waals surface area contributed by atoms with Crippen LogP contribution in [0.15, 0.2) is 35.9 Å². The maximum Gasteiger partial charge on any atom is 0.127 e. The van der Waals surface area contributed by atoms with Gasteiger partial charge in [-0.25, -0.2) is 0 Å². The van der Waals surface area contributed by atoms with Gasteiger partial charge in [0.15, 0.2) is 0 Å². The number of hydrogen-bond donors (Lipinski definition) is 2. The molecule has 0 aliphatic heterocycles. The summed E-state index contributed by atoms with van der Waals surface area (Å²) in [5.41, 5.74) is 2.98. The van der Waals surface area contributed by atoms with Gasteiger partial charge < -0.3 is 10.2 Å². The SMILES string of the molecule is CC1=CCc2c(c(O)c3ccccc3c2O)C1. The molecule has 2 aromatic carbocycles. The van der Waals surface area contributed by atoms with Crippen LogP contribution in [-0.4, -0.2) is 10.2 Å². The summed E-state index contributed by atoms with van der Waals surface area (Å²) in [6.07, 6.45) is 3.53. The van der Waals surface area contributed by atoms with E-state index in [-0.39, 0.29) is 0 Å². The van der Waals surface area contributed by atoms with Gasteiger partial charge in [-0.15, -0.1) is 0 Å². The molecule has 1 aliphatic carbocycles. The zero-order valence-electron chi connectivity index (χ0n) is 9.70. The van der Waals surface area contributed by atoms with E-state index in [0.717, 1.165) is 28.3 Å². The summed E-state index contributed by atoms with van der Waals surface area (Å²) in [7, 11) is 0. The lowest BCUT2D eigenvalue weighted by atomic mass is 9.88. The molecule has 0 fully saturated rings. The second-order valence-corrected chi connectivity index (χ2v) is 4.63. The molecule has 0 aromatic heterocycles. The van der Waals surface area contributed by atoms with Crippen LogP contribution in [0, 0.1) is 0 Å². The van der Waals surface area contributed by atoms with E-state index in [0.29, 0.717) is 17.9 Å². The van der Waals surface area contributed by atoms with Crippen LogP contribution in [0.2, 0.25) is 0 Å². The van der Waals surface area contributed by atoms with E-state index in [1.165, 1.54) is 5.57 Å². The molecule has 0 radical (unpaired) electrons. The Balaban J connectivity index is 2.40. The van der Waals surface area contributed by atoms with Crippen LogP contribution in [0.3, 0.4) is 0 Å². The standard InChI is InChI=1S/C15H14O2/c1-9-6-7-12-13(8-9)15(17)11-5-3-2-4-10(11)14(12)16/h2-6,16-17H,7-8H2,1H3. The van der Waals surface area contributed by atoms with Crippen molar-refractivity contribution in [3.63, 3.8) is 0 Å². The zero-order valence-corrected chi connectivity index (χ0v) is 9.70. The van der Waals surface area contributed by atoms with Crippen molar-refractivity contribution in [1.29, 1.82) is 0 Å². The van der Waals surface area contributed by atoms with Crippen molar-refractivity contribution in [3.8, 4) is 11.5 Å². The second-order valence-electron chi connectivity index (χ2n) is 4.63. The molecule has 0 bridgehead atoms. The monoisotopic (exact) mass is 226 g/mol. The maximum absolute atomic E-state index is 10.3. The summed E-state index contributed by atoms with van der Waals surface area (Å²) in [5, 5.41) is 22.0. The third-order valence-corrected chi connectivity index (χ3v) is 3.48. The first-order valence-corrected chi connectivity index (χ1v) is 5.78. The molecule has 3 rings (SSSR count). The highest BCUT2D eigenvalue weighted by molar-refractivity contribution is 5.95. The summed E-state index contributed by atoms with van der Waals surface area (Å²) >= 11 is 0. The molecule has 0 saturated carbocycles. The van der Waals surface area contributed by atoms with E-state index in [9.17, 15) is 10.2 Å². The van der Waals surface area contributed by atoms with Crippen molar-refractivity contribution in [3.05, 3.63) is 47.0 Å². The Labute approximate surface area is 99.8 Å². The van der Waals surface area contributed by atoms with Gasteiger partial charge in [0.1, 0.15) is 11.5 Å². The minimum absolute atomic E-state index is 0.317. The molecule has 2 aromatic rings. The van der Waals surface area contributed by atoms with E-state index in [2.05, 4.69) is 13.0 Å². The highest BCUT2D eigenvalue weighted by Gasteiger charge is 2.20. The Hall–Kier alpha value is -1.96. The molecule has 86 valence electrons. The molecule has 2 nitrogen and oxygen atoms in total. The summed E-state index contributed by atoms with van der Waals surface area (Å²) in [4.78, 5) is 0. The van der Waals surface area contributed by atoms with Crippen LogP contribution in [-0.2, 0) is 12.8 Å². The van der Waals surface area contributed by atoms with Crippen molar-refractivity contribution in [2.45, 2.75) is 19.8 Å². The minimum Gasteiger partial charge on any atom is -0.507 e. The molecule has 0 saturated heterocycles. The first-order valence-electron chi connectivity index (χ1n) is 5.78. The van der Waals surface area contributed by atoms with Crippen LogP contribution >= 0.6 is 0 Å². The first kappa shape index (κ1) is 10.2. The molecule has 0 amide bonds. The number of allylic oxidation sites excluding steroid dienone is 2. The lowest BCUT2D eigenvalue weighted by Gasteiger charge is -2.19. The maximum atomic E-state index is 10.3. The van der Waals surface area contributed by atoms with Crippen molar-refractivity contribution >= 4 is 10.8 Å². The Morgan fingerprint density at radius 3 is 2.18 bits per heavy atom. The molecule has 0 unspecified atom stereocenters. The number of benzene rings is 2. The first-order chi connectivity index (χ1) is 8.18. The predicted octanol–water partition coefficient (Wildman–Crippen LogP) is 3.30. The van der Waals surface area contributed by atoms with Gasteiger partial charge in [0.25, 0.3) is 0 Å². The molecule has 1 aliphatic rings. The van der Waals surface area contributed by atoms with Gasteiger partial charge in [-0.1, -0.05) is 35.9 Å². The zero-order chi connectivity index (χ0) is 12.0. The fourth-order valence-corrected chi connectivity index (χ4v) is 2.54. The number of rotatable bonds is 0. The molecule has 0 spiro atoms. The Bertz CT molecular complexity index is 639. The fourth-order valence-electron chi connectivity index (χ4n) is 2.54. The predicted molar refractivity (Wildman–Crippen MR) is 68.4 cm³/mol. The largest absolute Gasteiger partial charge is 0.507 e. The van der Waals surface area contributed by atoms with E-state index < -0.39 is 0 Å². The van der Waals surface area contributed by atoms with Crippen LogP contribution in [0.4, 0.5) is 0 Å². The molecule has 2 N–H and O–H groups in total. The summed E-state index contributed by atoms with van der Waals surface area (Å²) in [6, 6.07) is 7.44. The van der Waals surface area contributed by atoms with Crippen molar-refractivity contribution in [2.24, 2.45) is 0 Å². The summed E-state index contributed by atoms with van der Waals surface area (Å²) < 4.78 is 0. The highest BCUT2D eigenvalue weighted by atomic mass is 16.3.